The minimum Gasteiger partial charge on any atom is -0.326 e. The standard InChI is InChI=1S/C13H10F4N2/c14-12-2-1-9(4-11(12)13(15,16)17)10-3-8(5-18)6-19-7-10/h1-4,6-7H,5,18H2. The largest absolute Gasteiger partial charge is 0.419 e. The molecule has 0 aliphatic heterocycles. The van der Waals surface area contributed by atoms with E-state index in [4.69, 9.17) is 5.73 Å². The van der Waals surface area contributed by atoms with Crippen LogP contribution in [0, 0.1) is 5.82 Å². The van der Waals surface area contributed by atoms with E-state index in [0.717, 1.165) is 12.1 Å². The predicted octanol–water partition coefficient (Wildman–Crippen LogP) is 3.37. The molecule has 2 N–H and O–H groups in total. The summed E-state index contributed by atoms with van der Waals surface area (Å²) in [5, 5.41) is 0. The van der Waals surface area contributed by atoms with E-state index in [2.05, 4.69) is 4.98 Å². The molecule has 0 saturated carbocycles. The highest BCUT2D eigenvalue weighted by Gasteiger charge is 2.34. The maximum atomic E-state index is 13.2. The lowest BCUT2D eigenvalue weighted by Crippen LogP contribution is -2.08. The van der Waals surface area contributed by atoms with Crippen LogP contribution < -0.4 is 5.73 Å². The smallest absolute Gasteiger partial charge is 0.326 e. The highest BCUT2D eigenvalue weighted by Crippen LogP contribution is 2.34. The normalized spacial score (nSPS) is 11.6. The molecule has 0 aliphatic carbocycles. The van der Waals surface area contributed by atoms with Crippen LogP contribution in [0.2, 0.25) is 0 Å². The minimum absolute atomic E-state index is 0.230. The molecule has 0 fully saturated rings. The maximum absolute atomic E-state index is 13.2. The topological polar surface area (TPSA) is 38.9 Å². The van der Waals surface area contributed by atoms with Crippen LogP contribution in [-0.2, 0) is 12.7 Å². The molecule has 1 aromatic heterocycles. The lowest BCUT2D eigenvalue weighted by atomic mass is 10.0. The molecule has 100 valence electrons. The quantitative estimate of drug-likeness (QED) is 0.850. The first-order chi connectivity index (χ1) is 8.91. The first-order valence-electron chi connectivity index (χ1n) is 5.43. The summed E-state index contributed by atoms with van der Waals surface area (Å²) in [5.41, 5.74) is 5.55. The third kappa shape index (κ3) is 2.90. The second-order valence-electron chi connectivity index (χ2n) is 3.98. The summed E-state index contributed by atoms with van der Waals surface area (Å²) in [4.78, 5) is 3.89. The highest BCUT2D eigenvalue weighted by molar-refractivity contribution is 5.64. The molecule has 0 radical (unpaired) electrons. The molecule has 6 heteroatoms. The molecule has 0 amide bonds. The van der Waals surface area contributed by atoms with Gasteiger partial charge in [0.15, 0.2) is 0 Å². The van der Waals surface area contributed by atoms with Crippen LogP contribution in [0.15, 0.2) is 36.7 Å². The molecule has 2 nitrogen and oxygen atoms in total. The number of halogens is 4. The summed E-state index contributed by atoms with van der Waals surface area (Å²) in [7, 11) is 0. The van der Waals surface area contributed by atoms with Crippen LogP contribution >= 0.6 is 0 Å². The summed E-state index contributed by atoms with van der Waals surface area (Å²) in [5.74, 6) is -1.29. The van der Waals surface area contributed by atoms with Gasteiger partial charge in [-0.1, -0.05) is 6.07 Å². The number of nitrogens with zero attached hydrogens (tertiary/aromatic N) is 1. The molecule has 2 rings (SSSR count). The number of hydrogen-bond donors (Lipinski definition) is 1. The summed E-state index contributed by atoms with van der Waals surface area (Å²) < 4.78 is 51.0. The summed E-state index contributed by atoms with van der Waals surface area (Å²) in [6, 6.07) is 4.47. The third-order valence-corrected chi connectivity index (χ3v) is 2.64. The molecule has 2 aromatic rings. The number of alkyl halides is 3. The van der Waals surface area contributed by atoms with Crippen molar-refractivity contribution in [3.63, 3.8) is 0 Å². The van der Waals surface area contributed by atoms with Gasteiger partial charge < -0.3 is 5.73 Å². The number of nitrogens with two attached hydrogens (primary N) is 1. The van der Waals surface area contributed by atoms with Crippen molar-refractivity contribution >= 4 is 0 Å². The fourth-order valence-corrected chi connectivity index (χ4v) is 1.68. The van der Waals surface area contributed by atoms with Gasteiger partial charge in [-0.15, -0.1) is 0 Å². The van der Waals surface area contributed by atoms with E-state index in [1.165, 1.54) is 18.5 Å². The van der Waals surface area contributed by atoms with E-state index >= 15 is 0 Å². The van der Waals surface area contributed by atoms with Crippen LogP contribution in [0.25, 0.3) is 11.1 Å². The van der Waals surface area contributed by atoms with E-state index in [9.17, 15) is 17.6 Å². The Morgan fingerprint density at radius 3 is 2.42 bits per heavy atom. The molecular weight excluding hydrogens is 260 g/mol. The van der Waals surface area contributed by atoms with Crippen molar-refractivity contribution in [3.8, 4) is 11.1 Å². The second kappa shape index (κ2) is 4.97. The van der Waals surface area contributed by atoms with Gasteiger partial charge >= 0.3 is 6.18 Å². The number of hydrogen-bond acceptors (Lipinski definition) is 2. The summed E-state index contributed by atoms with van der Waals surface area (Å²) in [6.07, 6.45) is -1.79. The molecule has 1 aromatic carbocycles. The monoisotopic (exact) mass is 270 g/mol. The molecule has 0 bridgehead atoms. The molecule has 0 unspecified atom stereocenters. The summed E-state index contributed by atoms with van der Waals surface area (Å²) in [6.45, 7) is 0.230. The van der Waals surface area contributed by atoms with Gasteiger partial charge in [0.25, 0.3) is 0 Å². The molecule has 19 heavy (non-hydrogen) atoms. The van der Waals surface area contributed by atoms with Gasteiger partial charge in [0.05, 0.1) is 5.56 Å². The molecule has 0 saturated heterocycles. The van der Waals surface area contributed by atoms with Crippen molar-refractivity contribution in [2.75, 3.05) is 0 Å². The molecule has 0 spiro atoms. The Morgan fingerprint density at radius 2 is 1.79 bits per heavy atom. The van der Waals surface area contributed by atoms with E-state index in [0.29, 0.717) is 11.1 Å². The number of aromatic nitrogens is 1. The Balaban J connectivity index is 2.51. The minimum atomic E-state index is -4.72. The van der Waals surface area contributed by atoms with Gasteiger partial charge in [-0.3, -0.25) is 4.98 Å². The molecule has 0 aliphatic rings. The van der Waals surface area contributed by atoms with Crippen molar-refractivity contribution in [1.82, 2.24) is 4.98 Å². The molecular formula is C13H10F4N2. The average molecular weight is 270 g/mol. The molecule has 1 heterocycles. The Kier molecular flexibility index (Phi) is 3.53. The van der Waals surface area contributed by atoms with Crippen molar-refractivity contribution in [1.29, 1.82) is 0 Å². The van der Waals surface area contributed by atoms with Crippen molar-refractivity contribution in [2.45, 2.75) is 12.7 Å². The van der Waals surface area contributed by atoms with Crippen molar-refractivity contribution in [2.24, 2.45) is 5.73 Å². The van der Waals surface area contributed by atoms with Crippen molar-refractivity contribution in [3.05, 3.63) is 53.6 Å². The van der Waals surface area contributed by atoms with E-state index in [-0.39, 0.29) is 12.1 Å². The Hall–Kier alpha value is -1.95. The summed E-state index contributed by atoms with van der Waals surface area (Å²) >= 11 is 0. The highest BCUT2D eigenvalue weighted by atomic mass is 19.4. The first kappa shape index (κ1) is 13.5. The lowest BCUT2D eigenvalue weighted by molar-refractivity contribution is -0.139. The van der Waals surface area contributed by atoms with E-state index < -0.39 is 17.6 Å². The van der Waals surface area contributed by atoms with Crippen LogP contribution in [-0.4, -0.2) is 4.98 Å². The van der Waals surface area contributed by atoms with Crippen molar-refractivity contribution < 1.29 is 17.6 Å². The van der Waals surface area contributed by atoms with Crippen LogP contribution in [0.5, 0.6) is 0 Å². The van der Waals surface area contributed by atoms with E-state index in [1.54, 1.807) is 6.07 Å². The zero-order valence-corrected chi connectivity index (χ0v) is 9.71. The zero-order chi connectivity index (χ0) is 14.0. The SMILES string of the molecule is NCc1cncc(-c2ccc(F)c(C(F)(F)F)c2)c1. The van der Waals surface area contributed by atoms with Gasteiger partial charge in [-0.25, -0.2) is 4.39 Å². The lowest BCUT2D eigenvalue weighted by Gasteiger charge is -2.10. The Labute approximate surface area is 106 Å². The average Bonchev–Trinajstić information content (AvgIpc) is 2.38. The first-order valence-corrected chi connectivity index (χ1v) is 5.43. The van der Waals surface area contributed by atoms with E-state index in [1.807, 2.05) is 0 Å². The van der Waals surface area contributed by atoms with Gasteiger partial charge in [0.1, 0.15) is 5.82 Å². The van der Waals surface area contributed by atoms with Gasteiger partial charge in [0.2, 0.25) is 0 Å². The number of rotatable bonds is 2. The molecule has 0 atom stereocenters. The zero-order valence-electron chi connectivity index (χ0n) is 9.71. The fraction of sp³-hybridized carbons (Fsp3) is 0.154. The van der Waals surface area contributed by atoms with Crippen LogP contribution in [0.1, 0.15) is 11.1 Å². The predicted molar refractivity (Wildman–Crippen MR) is 62.5 cm³/mol. The number of pyridine rings is 1. The fourth-order valence-electron chi connectivity index (χ4n) is 1.68. The Morgan fingerprint density at radius 1 is 1.05 bits per heavy atom. The Bertz CT molecular complexity index is 593. The van der Waals surface area contributed by atoms with Gasteiger partial charge in [0, 0.05) is 24.5 Å². The third-order valence-electron chi connectivity index (χ3n) is 2.64. The second-order valence-corrected chi connectivity index (χ2v) is 3.98. The van der Waals surface area contributed by atoms with Gasteiger partial charge in [-0.2, -0.15) is 13.2 Å². The van der Waals surface area contributed by atoms with Crippen LogP contribution in [0.3, 0.4) is 0 Å². The maximum Gasteiger partial charge on any atom is 0.419 e. The van der Waals surface area contributed by atoms with Crippen LogP contribution in [0.4, 0.5) is 17.6 Å². The van der Waals surface area contributed by atoms with Gasteiger partial charge in [-0.05, 0) is 29.3 Å². The number of benzene rings is 1.